The molecule has 1 fully saturated rings. The largest absolute Gasteiger partial charge is 0.341 e. The van der Waals surface area contributed by atoms with Crippen LogP contribution in [0, 0.1) is 0 Å². The molecule has 114 valence electrons. The van der Waals surface area contributed by atoms with Gasteiger partial charge in [-0.2, -0.15) is 0 Å². The number of carbonyl (C=O) groups is 2. The predicted molar refractivity (Wildman–Crippen MR) is 83.6 cm³/mol. The molecule has 1 aliphatic rings. The van der Waals surface area contributed by atoms with Gasteiger partial charge in [0.15, 0.2) is 0 Å². The zero-order valence-electron chi connectivity index (χ0n) is 11.9. The summed E-state index contributed by atoms with van der Waals surface area (Å²) in [6.07, 6.45) is 1.11. The maximum atomic E-state index is 12.3. The van der Waals surface area contributed by atoms with Crippen molar-refractivity contribution in [2.75, 3.05) is 26.2 Å². The van der Waals surface area contributed by atoms with E-state index in [4.69, 9.17) is 23.2 Å². The van der Waals surface area contributed by atoms with E-state index in [2.05, 4.69) is 0 Å². The molecule has 0 N–H and O–H groups in total. The molecule has 1 heterocycles. The molecule has 0 spiro atoms. The third kappa shape index (κ3) is 4.35. The summed E-state index contributed by atoms with van der Waals surface area (Å²) in [4.78, 5) is 27.3. The third-order valence-corrected chi connectivity index (χ3v) is 4.37. The van der Waals surface area contributed by atoms with Crippen molar-refractivity contribution >= 4 is 35.0 Å². The number of benzene rings is 1. The molecule has 0 unspecified atom stereocenters. The molecule has 1 saturated heterocycles. The zero-order chi connectivity index (χ0) is 15.4. The van der Waals surface area contributed by atoms with Crippen molar-refractivity contribution in [1.29, 1.82) is 0 Å². The molecule has 0 atom stereocenters. The first-order chi connectivity index (χ1) is 9.97. The highest BCUT2D eigenvalue weighted by atomic mass is 35.5. The summed E-state index contributed by atoms with van der Waals surface area (Å²) in [5.41, 5.74) is 0.849. The van der Waals surface area contributed by atoms with Gasteiger partial charge in [0.2, 0.25) is 11.8 Å². The van der Waals surface area contributed by atoms with E-state index < -0.39 is 0 Å². The topological polar surface area (TPSA) is 40.6 Å². The van der Waals surface area contributed by atoms with Crippen molar-refractivity contribution in [3.63, 3.8) is 0 Å². The Hall–Kier alpha value is -1.26. The van der Waals surface area contributed by atoms with Gasteiger partial charge in [-0.25, -0.2) is 0 Å². The van der Waals surface area contributed by atoms with E-state index in [0.29, 0.717) is 42.6 Å². The highest BCUT2D eigenvalue weighted by molar-refractivity contribution is 6.42. The van der Waals surface area contributed by atoms with Crippen LogP contribution in [-0.2, 0) is 16.0 Å². The van der Waals surface area contributed by atoms with Gasteiger partial charge in [-0.15, -0.1) is 0 Å². The summed E-state index contributed by atoms with van der Waals surface area (Å²) in [6.45, 7) is 4.14. The molecule has 1 aliphatic heterocycles. The van der Waals surface area contributed by atoms with E-state index in [1.54, 1.807) is 24.0 Å². The molecule has 2 rings (SSSR count). The number of hydrogen-bond donors (Lipinski definition) is 0. The first-order valence-corrected chi connectivity index (χ1v) is 7.70. The van der Waals surface area contributed by atoms with Crippen LogP contribution < -0.4 is 0 Å². The van der Waals surface area contributed by atoms with E-state index in [0.717, 1.165) is 12.0 Å². The van der Waals surface area contributed by atoms with Crippen LogP contribution in [0.25, 0.3) is 0 Å². The second-order valence-corrected chi connectivity index (χ2v) is 5.98. The molecule has 6 heteroatoms. The molecule has 2 amide bonds. The molecule has 0 aliphatic carbocycles. The van der Waals surface area contributed by atoms with Gasteiger partial charge < -0.3 is 9.80 Å². The van der Waals surface area contributed by atoms with Gasteiger partial charge in [0.25, 0.3) is 0 Å². The van der Waals surface area contributed by atoms with Crippen molar-refractivity contribution in [2.24, 2.45) is 0 Å². The van der Waals surface area contributed by atoms with Crippen molar-refractivity contribution in [1.82, 2.24) is 9.80 Å². The molecule has 0 bridgehead atoms. The molecule has 1 aromatic carbocycles. The Morgan fingerprint density at radius 3 is 2.38 bits per heavy atom. The van der Waals surface area contributed by atoms with E-state index >= 15 is 0 Å². The number of rotatable bonds is 2. The number of amides is 2. The Bertz CT molecular complexity index is 548. The molecule has 0 saturated carbocycles. The van der Waals surface area contributed by atoms with E-state index in [-0.39, 0.29) is 11.8 Å². The Morgan fingerprint density at radius 1 is 1.05 bits per heavy atom. The van der Waals surface area contributed by atoms with Crippen LogP contribution in [0.15, 0.2) is 18.2 Å². The summed E-state index contributed by atoms with van der Waals surface area (Å²) in [6, 6.07) is 5.24. The fourth-order valence-corrected chi connectivity index (χ4v) is 2.74. The standard InChI is InChI=1S/C15H18Cl2N2O2/c1-11(20)18-5-2-6-19(8-7-18)15(21)10-12-3-4-13(16)14(17)9-12/h3-4,9H,2,5-8,10H2,1H3. The van der Waals surface area contributed by atoms with Gasteiger partial charge in [0.1, 0.15) is 0 Å². The average Bonchev–Trinajstić information content (AvgIpc) is 2.69. The van der Waals surface area contributed by atoms with Gasteiger partial charge in [0, 0.05) is 33.1 Å². The maximum absolute atomic E-state index is 12.3. The van der Waals surface area contributed by atoms with E-state index in [1.807, 2.05) is 11.0 Å². The zero-order valence-corrected chi connectivity index (χ0v) is 13.5. The molecule has 21 heavy (non-hydrogen) atoms. The van der Waals surface area contributed by atoms with Gasteiger partial charge in [-0.1, -0.05) is 29.3 Å². The summed E-state index contributed by atoms with van der Waals surface area (Å²) in [5, 5.41) is 0.945. The van der Waals surface area contributed by atoms with Gasteiger partial charge in [-0.05, 0) is 24.1 Å². The lowest BCUT2D eigenvalue weighted by atomic mass is 10.1. The van der Waals surface area contributed by atoms with Gasteiger partial charge >= 0.3 is 0 Å². The lowest BCUT2D eigenvalue weighted by Crippen LogP contribution is -2.37. The normalized spacial score (nSPS) is 15.8. The molecule has 1 aromatic rings. The lowest BCUT2D eigenvalue weighted by molar-refractivity contribution is -0.132. The highest BCUT2D eigenvalue weighted by Crippen LogP contribution is 2.23. The smallest absolute Gasteiger partial charge is 0.227 e. The minimum atomic E-state index is 0.0544. The van der Waals surface area contributed by atoms with Crippen LogP contribution >= 0.6 is 23.2 Å². The van der Waals surface area contributed by atoms with Crippen LogP contribution in [0.5, 0.6) is 0 Å². The number of nitrogens with zero attached hydrogens (tertiary/aromatic N) is 2. The third-order valence-electron chi connectivity index (χ3n) is 3.63. The molecular weight excluding hydrogens is 311 g/mol. The predicted octanol–water partition coefficient (Wildman–Crippen LogP) is 2.62. The highest BCUT2D eigenvalue weighted by Gasteiger charge is 2.20. The number of carbonyl (C=O) groups excluding carboxylic acids is 2. The van der Waals surface area contributed by atoms with Crippen molar-refractivity contribution in [3.05, 3.63) is 33.8 Å². The quantitative estimate of drug-likeness (QED) is 0.837. The minimum absolute atomic E-state index is 0.0544. The first-order valence-electron chi connectivity index (χ1n) is 6.94. The second-order valence-electron chi connectivity index (χ2n) is 5.17. The molecular formula is C15H18Cl2N2O2. The fourth-order valence-electron chi connectivity index (χ4n) is 2.42. The van der Waals surface area contributed by atoms with Crippen molar-refractivity contribution in [3.8, 4) is 0 Å². The number of halogens is 2. The van der Waals surface area contributed by atoms with Crippen LogP contribution in [0.1, 0.15) is 18.9 Å². The summed E-state index contributed by atoms with van der Waals surface area (Å²) < 4.78 is 0. The Balaban J connectivity index is 1.96. The summed E-state index contributed by atoms with van der Waals surface area (Å²) in [5.74, 6) is 0.118. The summed E-state index contributed by atoms with van der Waals surface area (Å²) in [7, 11) is 0. The van der Waals surface area contributed by atoms with Gasteiger partial charge in [-0.3, -0.25) is 9.59 Å². The van der Waals surface area contributed by atoms with Crippen LogP contribution in [0.4, 0.5) is 0 Å². The second kappa shape index (κ2) is 7.14. The minimum Gasteiger partial charge on any atom is -0.341 e. The molecule has 0 aromatic heterocycles. The van der Waals surface area contributed by atoms with E-state index in [1.165, 1.54) is 0 Å². The maximum Gasteiger partial charge on any atom is 0.227 e. The van der Waals surface area contributed by atoms with Gasteiger partial charge in [0.05, 0.1) is 16.5 Å². The van der Waals surface area contributed by atoms with Crippen molar-refractivity contribution < 1.29 is 9.59 Å². The number of hydrogen-bond acceptors (Lipinski definition) is 2. The Labute approximate surface area is 134 Å². The monoisotopic (exact) mass is 328 g/mol. The van der Waals surface area contributed by atoms with E-state index in [9.17, 15) is 9.59 Å². The molecule has 4 nitrogen and oxygen atoms in total. The lowest BCUT2D eigenvalue weighted by Gasteiger charge is -2.21. The van der Waals surface area contributed by atoms with Crippen LogP contribution in [0.3, 0.4) is 0 Å². The average molecular weight is 329 g/mol. The fraction of sp³-hybridized carbons (Fsp3) is 0.467. The van der Waals surface area contributed by atoms with Crippen molar-refractivity contribution in [2.45, 2.75) is 19.8 Å². The molecule has 0 radical (unpaired) electrons. The Morgan fingerprint density at radius 2 is 1.71 bits per heavy atom. The Kier molecular flexibility index (Phi) is 5.48. The van der Waals surface area contributed by atoms with Crippen LogP contribution in [-0.4, -0.2) is 47.8 Å². The SMILES string of the molecule is CC(=O)N1CCCN(C(=O)Cc2ccc(Cl)c(Cl)c2)CC1. The first kappa shape index (κ1) is 16.1. The van der Waals surface area contributed by atoms with Crippen LogP contribution in [0.2, 0.25) is 10.0 Å². The summed E-state index contributed by atoms with van der Waals surface area (Å²) >= 11 is 11.8.